The zero-order valence-electron chi connectivity index (χ0n) is 7.54. The topological polar surface area (TPSA) is 63.3 Å². The normalized spacial score (nSPS) is 8.54. The number of carbonyl (C=O) groups is 1. The molecule has 0 saturated carbocycles. The van der Waals surface area contributed by atoms with Gasteiger partial charge in [0, 0.05) is 12.1 Å². The molecular weight excluding hydrogens is 190 g/mol. The second-order valence-electron chi connectivity index (χ2n) is 2.38. The highest BCUT2D eigenvalue weighted by atomic mass is 35.5. The fourth-order valence-corrected chi connectivity index (χ4v) is 0.927. The number of benzene rings is 1. The first-order chi connectivity index (χ1) is 6.11. The second kappa shape index (κ2) is 5.43. The van der Waals surface area contributed by atoms with E-state index in [1.54, 1.807) is 19.1 Å². The van der Waals surface area contributed by atoms with Crippen LogP contribution in [-0.4, -0.2) is 17.5 Å². The third-order valence-corrected chi connectivity index (χ3v) is 1.48. The number of aromatic carboxylic acids is 1. The van der Waals surface area contributed by atoms with Crippen LogP contribution in [0.1, 0.15) is 15.9 Å². The van der Waals surface area contributed by atoms with Crippen molar-refractivity contribution in [2.75, 3.05) is 12.1 Å². The van der Waals surface area contributed by atoms with Crippen LogP contribution in [-0.2, 0) is 0 Å². The van der Waals surface area contributed by atoms with Gasteiger partial charge in [-0.05, 0) is 30.7 Å². The molecule has 0 radical (unpaired) electrons. The number of nitrogens with two attached hydrogens (primary N) is 1. The summed E-state index contributed by atoms with van der Waals surface area (Å²) in [6, 6.07) is 4.73. The van der Waals surface area contributed by atoms with Crippen molar-refractivity contribution in [2.45, 2.75) is 6.92 Å². The van der Waals surface area contributed by atoms with E-state index in [-0.39, 0.29) is 0 Å². The first-order valence-electron chi connectivity index (χ1n) is 3.58. The molecular formula is C9H12ClNO2. The van der Waals surface area contributed by atoms with Crippen molar-refractivity contribution in [3.63, 3.8) is 0 Å². The molecule has 4 heteroatoms. The minimum atomic E-state index is -0.914. The summed E-state index contributed by atoms with van der Waals surface area (Å²) in [6.45, 7) is 1.72. The van der Waals surface area contributed by atoms with Gasteiger partial charge in [0.05, 0.1) is 5.56 Å². The van der Waals surface area contributed by atoms with Crippen LogP contribution in [0.4, 0.5) is 5.69 Å². The molecule has 1 rings (SSSR count). The smallest absolute Gasteiger partial charge is 0.335 e. The molecule has 3 N–H and O–H groups in total. The number of anilines is 1. The van der Waals surface area contributed by atoms with E-state index in [0.29, 0.717) is 16.8 Å². The fourth-order valence-electron chi connectivity index (χ4n) is 0.927. The number of carboxylic acids is 1. The second-order valence-corrected chi connectivity index (χ2v) is 2.38. The maximum Gasteiger partial charge on any atom is 0.335 e. The number of aryl methyl sites for hydroxylation is 1. The van der Waals surface area contributed by atoms with Crippen LogP contribution in [0.15, 0.2) is 18.2 Å². The first-order valence-corrected chi connectivity index (χ1v) is 4.34. The van der Waals surface area contributed by atoms with E-state index < -0.39 is 5.97 Å². The Balaban J connectivity index is 0.000000671. The van der Waals surface area contributed by atoms with E-state index in [1.165, 1.54) is 12.4 Å². The molecule has 72 valence electrons. The van der Waals surface area contributed by atoms with Crippen molar-refractivity contribution < 1.29 is 9.90 Å². The van der Waals surface area contributed by atoms with Gasteiger partial charge in [0.25, 0.3) is 0 Å². The molecule has 0 bridgehead atoms. The van der Waals surface area contributed by atoms with E-state index >= 15 is 0 Å². The minimum Gasteiger partial charge on any atom is -0.478 e. The highest BCUT2D eigenvalue weighted by Gasteiger charge is 2.04. The van der Waals surface area contributed by atoms with Gasteiger partial charge < -0.3 is 10.8 Å². The Hall–Kier alpha value is -1.22. The van der Waals surface area contributed by atoms with Gasteiger partial charge >= 0.3 is 5.97 Å². The van der Waals surface area contributed by atoms with Gasteiger partial charge in [0.2, 0.25) is 0 Å². The van der Waals surface area contributed by atoms with Crippen LogP contribution >= 0.6 is 11.6 Å². The summed E-state index contributed by atoms with van der Waals surface area (Å²) in [6.07, 6.45) is 1.47. The Morgan fingerprint density at radius 3 is 2.38 bits per heavy atom. The van der Waals surface area contributed by atoms with Crippen LogP contribution in [0, 0.1) is 6.92 Å². The highest BCUT2D eigenvalue weighted by molar-refractivity contribution is 6.15. The zero-order valence-corrected chi connectivity index (χ0v) is 8.30. The largest absolute Gasteiger partial charge is 0.478 e. The van der Waals surface area contributed by atoms with Crippen LogP contribution in [0.5, 0.6) is 0 Å². The number of hydrogen-bond donors (Lipinski definition) is 2. The Labute approximate surface area is 82.1 Å². The van der Waals surface area contributed by atoms with Crippen LogP contribution in [0.2, 0.25) is 0 Å². The van der Waals surface area contributed by atoms with Gasteiger partial charge in [-0.3, -0.25) is 0 Å². The van der Waals surface area contributed by atoms with Gasteiger partial charge in [-0.25, -0.2) is 4.79 Å². The molecule has 1 aromatic rings. The van der Waals surface area contributed by atoms with E-state index in [4.69, 9.17) is 10.8 Å². The lowest BCUT2D eigenvalue weighted by Gasteiger charge is -2.00. The molecule has 0 amide bonds. The van der Waals surface area contributed by atoms with Gasteiger partial charge in [-0.1, -0.05) is 0 Å². The fraction of sp³-hybridized carbons (Fsp3) is 0.222. The predicted octanol–water partition coefficient (Wildman–Crippen LogP) is 2.13. The summed E-state index contributed by atoms with van der Waals surface area (Å²) in [5.41, 5.74) is 7.02. The molecule has 0 heterocycles. The lowest BCUT2D eigenvalue weighted by Crippen LogP contribution is -1.99. The Bertz CT molecular complexity index is 300. The van der Waals surface area contributed by atoms with Crippen molar-refractivity contribution >= 4 is 23.3 Å². The molecule has 3 nitrogen and oxygen atoms in total. The zero-order chi connectivity index (χ0) is 10.4. The van der Waals surface area contributed by atoms with E-state index in [1.807, 2.05) is 0 Å². The third kappa shape index (κ3) is 3.34. The van der Waals surface area contributed by atoms with Gasteiger partial charge in [0.1, 0.15) is 0 Å². The van der Waals surface area contributed by atoms with Crippen molar-refractivity contribution in [3.8, 4) is 0 Å². The van der Waals surface area contributed by atoms with Crippen LogP contribution < -0.4 is 5.73 Å². The molecule has 0 aliphatic heterocycles. The third-order valence-electron chi connectivity index (χ3n) is 1.48. The SMILES string of the molecule is CCl.Cc1cc(N)ccc1C(=O)O. The molecule has 0 unspecified atom stereocenters. The summed E-state index contributed by atoms with van der Waals surface area (Å²) in [4.78, 5) is 10.5. The standard InChI is InChI=1S/C8H9NO2.CH3Cl/c1-5-4-6(9)2-3-7(5)8(10)11;1-2/h2-4H,9H2,1H3,(H,10,11);1H3. The van der Waals surface area contributed by atoms with E-state index in [2.05, 4.69) is 11.6 Å². The van der Waals surface area contributed by atoms with Crippen molar-refractivity contribution in [1.82, 2.24) is 0 Å². The van der Waals surface area contributed by atoms with Crippen molar-refractivity contribution in [1.29, 1.82) is 0 Å². The van der Waals surface area contributed by atoms with Crippen molar-refractivity contribution in [2.24, 2.45) is 0 Å². The molecule has 0 aromatic heterocycles. The predicted molar refractivity (Wildman–Crippen MR) is 54.3 cm³/mol. The maximum atomic E-state index is 10.5. The Kier molecular flexibility index (Phi) is 4.92. The highest BCUT2D eigenvalue weighted by Crippen LogP contribution is 2.11. The molecule has 0 fully saturated rings. The van der Waals surface area contributed by atoms with Crippen molar-refractivity contribution in [3.05, 3.63) is 29.3 Å². The average molecular weight is 202 g/mol. The Morgan fingerprint density at radius 1 is 1.46 bits per heavy atom. The molecule has 0 spiro atoms. The van der Waals surface area contributed by atoms with Gasteiger partial charge in [-0.2, -0.15) is 0 Å². The van der Waals surface area contributed by atoms with E-state index in [0.717, 1.165) is 0 Å². The molecule has 0 aliphatic rings. The first kappa shape index (κ1) is 11.8. The van der Waals surface area contributed by atoms with E-state index in [9.17, 15) is 4.79 Å². The van der Waals surface area contributed by atoms with Crippen LogP contribution in [0.3, 0.4) is 0 Å². The summed E-state index contributed by atoms with van der Waals surface area (Å²) in [5.74, 6) is -0.914. The number of carboxylic acid groups (broad SMARTS) is 1. The quantitative estimate of drug-likeness (QED) is 0.541. The number of halogens is 1. The number of rotatable bonds is 1. The molecule has 0 aliphatic carbocycles. The number of alkyl halides is 1. The molecule has 0 saturated heterocycles. The van der Waals surface area contributed by atoms with Crippen LogP contribution in [0.25, 0.3) is 0 Å². The van der Waals surface area contributed by atoms with Gasteiger partial charge in [-0.15, -0.1) is 11.6 Å². The monoisotopic (exact) mass is 201 g/mol. The number of nitrogen functional groups attached to an aromatic ring is 1. The number of hydrogen-bond acceptors (Lipinski definition) is 2. The maximum absolute atomic E-state index is 10.5. The molecule has 1 aromatic carbocycles. The minimum absolute atomic E-state index is 0.305. The van der Waals surface area contributed by atoms with Gasteiger partial charge in [0.15, 0.2) is 0 Å². The molecule has 13 heavy (non-hydrogen) atoms. The summed E-state index contributed by atoms with van der Waals surface area (Å²) >= 11 is 4.64. The molecule has 0 atom stereocenters. The average Bonchev–Trinajstić information content (AvgIpc) is 2.07. The lowest BCUT2D eigenvalue weighted by atomic mass is 10.1. The summed E-state index contributed by atoms with van der Waals surface area (Å²) in [7, 11) is 0. The summed E-state index contributed by atoms with van der Waals surface area (Å²) in [5, 5.41) is 8.62. The Morgan fingerprint density at radius 2 is 2.00 bits per heavy atom. The lowest BCUT2D eigenvalue weighted by molar-refractivity contribution is 0.0696. The summed E-state index contributed by atoms with van der Waals surface area (Å²) < 4.78 is 0.